The molecule has 2 bridgehead atoms. The van der Waals surface area contributed by atoms with Crippen LogP contribution in [0.15, 0.2) is 0 Å². The van der Waals surface area contributed by atoms with Crippen molar-refractivity contribution in [1.82, 2.24) is 0 Å². The number of thiol groups is 1. The first-order chi connectivity index (χ1) is 8.47. The number of fused-ring (bicyclic) bond motifs is 7. The highest BCUT2D eigenvalue weighted by Crippen LogP contribution is 2.43. The highest BCUT2D eigenvalue weighted by Gasteiger charge is 2.34. The van der Waals surface area contributed by atoms with E-state index in [-0.39, 0.29) is 4.75 Å². The molecule has 0 aliphatic heterocycles. The molecule has 0 spiro atoms. The fraction of sp³-hybridized carbons (Fsp3) is 1.00. The van der Waals surface area contributed by atoms with Gasteiger partial charge in [-0.15, -0.1) is 0 Å². The van der Waals surface area contributed by atoms with Gasteiger partial charge in [0, 0.05) is 4.75 Å². The van der Waals surface area contributed by atoms with E-state index in [1.807, 2.05) is 0 Å². The fourth-order valence-electron chi connectivity index (χ4n) is 4.26. The Labute approximate surface area is 120 Å². The Bertz CT molecular complexity index is 233. The second-order valence-electron chi connectivity index (χ2n) is 7.62. The largest absolute Gasteiger partial charge is 0.173 e. The van der Waals surface area contributed by atoms with E-state index in [0.717, 1.165) is 23.7 Å². The van der Waals surface area contributed by atoms with Crippen LogP contribution in [0.3, 0.4) is 0 Å². The first kappa shape index (κ1) is 14.8. The van der Waals surface area contributed by atoms with Crippen molar-refractivity contribution in [3.05, 3.63) is 0 Å². The topological polar surface area (TPSA) is 0 Å². The maximum absolute atomic E-state index is 4.86. The van der Waals surface area contributed by atoms with Gasteiger partial charge in [0.15, 0.2) is 0 Å². The summed E-state index contributed by atoms with van der Waals surface area (Å²) >= 11 is 4.86. The van der Waals surface area contributed by atoms with Gasteiger partial charge in [-0.05, 0) is 36.5 Å². The van der Waals surface area contributed by atoms with Crippen LogP contribution in [0, 0.1) is 23.7 Å². The number of hydrogen-bond acceptors (Lipinski definition) is 1. The summed E-state index contributed by atoms with van der Waals surface area (Å²) < 4.78 is 0.188. The summed E-state index contributed by atoms with van der Waals surface area (Å²) in [7, 11) is 0. The molecule has 0 N–H and O–H groups in total. The molecule has 3 aliphatic rings. The molecule has 3 fully saturated rings. The zero-order chi connectivity index (χ0) is 13.2. The maximum atomic E-state index is 4.86. The monoisotopic (exact) mass is 268 g/mol. The van der Waals surface area contributed by atoms with Gasteiger partial charge in [-0.1, -0.05) is 65.7 Å². The highest BCUT2D eigenvalue weighted by molar-refractivity contribution is 7.81. The maximum Gasteiger partial charge on any atom is 0.0101 e. The van der Waals surface area contributed by atoms with Crippen molar-refractivity contribution in [3.8, 4) is 0 Å². The van der Waals surface area contributed by atoms with E-state index in [9.17, 15) is 0 Å². The summed E-state index contributed by atoms with van der Waals surface area (Å²) in [5.74, 6) is 3.72. The Morgan fingerprint density at radius 2 is 1.33 bits per heavy atom. The average molecular weight is 269 g/mol. The summed E-state index contributed by atoms with van der Waals surface area (Å²) in [6.07, 6.45) is 13.5. The Kier molecular flexibility index (Phi) is 5.08. The second kappa shape index (κ2) is 6.20. The molecule has 106 valence electrons. The average Bonchev–Trinajstić information content (AvgIpc) is 2.41. The van der Waals surface area contributed by atoms with Gasteiger partial charge < -0.3 is 0 Å². The molecule has 0 amide bonds. The van der Waals surface area contributed by atoms with Gasteiger partial charge >= 0.3 is 0 Å². The van der Waals surface area contributed by atoms with Gasteiger partial charge in [-0.3, -0.25) is 0 Å². The SMILES string of the molecule is CC(C1CC2CCCCC(CCC2)C1)C(C)(C)S. The quantitative estimate of drug-likeness (QED) is 0.609. The third kappa shape index (κ3) is 3.92. The van der Waals surface area contributed by atoms with Gasteiger partial charge in [-0.25, -0.2) is 0 Å². The van der Waals surface area contributed by atoms with Crippen LogP contribution < -0.4 is 0 Å². The van der Waals surface area contributed by atoms with Gasteiger partial charge in [0.25, 0.3) is 0 Å². The predicted molar refractivity (Wildman–Crippen MR) is 84.3 cm³/mol. The van der Waals surface area contributed by atoms with E-state index in [1.54, 1.807) is 0 Å². The molecule has 0 saturated heterocycles. The molecule has 3 rings (SSSR count). The summed E-state index contributed by atoms with van der Waals surface area (Å²) in [5.41, 5.74) is 0. The third-order valence-corrected chi connectivity index (χ3v) is 6.20. The molecule has 0 radical (unpaired) electrons. The summed E-state index contributed by atoms with van der Waals surface area (Å²) in [6, 6.07) is 0. The van der Waals surface area contributed by atoms with Crippen LogP contribution in [0.25, 0.3) is 0 Å². The lowest BCUT2D eigenvalue weighted by Gasteiger charge is -2.38. The fourth-order valence-corrected chi connectivity index (χ4v) is 4.47. The Balaban J connectivity index is 2.10. The first-order valence-corrected chi connectivity index (χ1v) is 8.64. The zero-order valence-corrected chi connectivity index (χ0v) is 13.5. The van der Waals surface area contributed by atoms with Crippen LogP contribution in [0.5, 0.6) is 0 Å². The molecule has 0 aromatic carbocycles. The van der Waals surface area contributed by atoms with E-state index in [0.29, 0.717) is 0 Å². The van der Waals surface area contributed by atoms with E-state index in [4.69, 9.17) is 12.6 Å². The minimum atomic E-state index is 0.188. The van der Waals surface area contributed by atoms with Crippen LogP contribution >= 0.6 is 12.6 Å². The van der Waals surface area contributed by atoms with Crippen molar-refractivity contribution in [2.24, 2.45) is 23.7 Å². The molecule has 18 heavy (non-hydrogen) atoms. The molecule has 3 atom stereocenters. The lowest BCUT2D eigenvalue weighted by molar-refractivity contribution is 0.175. The second-order valence-corrected chi connectivity index (χ2v) is 8.77. The van der Waals surface area contributed by atoms with Gasteiger partial charge in [0.05, 0.1) is 0 Å². The summed E-state index contributed by atoms with van der Waals surface area (Å²) in [5, 5.41) is 0. The molecular formula is C17H32S. The van der Waals surface area contributed by atoms with Crippen LogP contribution in [-0.4, -0.2) is 4.75 Å². The molecular weight excluding hydrogens is 236 g/mol. The zero-order valence-electron chi connectivity index (χ0n) is 12.6. The Morgan fingerprint density at radius 1 is 0.889 bits per heavy atom. The summed E-state index contributed by atoms with van der Waals surface area (Å²) in [4.78, 5) is 0. The van der Waals surface area contributed by atoms with E-state index in [1.165, 1.54) is 57.8 Å². The minimum Gasteiger partial charge on any atom is -0.173 e. The van der Waals surface area contributed by atoms with Crippen molar-refractivity contribution < 1.29 is 0 Å². The molecule has 0 aromatic rings. The predicted octanol–water partition coefficient (Wildman–Crippen LogP) is 5.72. The lowest BCUT2D eigenvalue weighted by Crippen LogP contribution is -2.32. The minimum absolute atomic E-state index is 0.188. The van der Waals surface area contributed by atoms with Crippen molar-refractivity contribution in [2.75, 3.05) is 0 Å². The normalized spacial score (nSPS) is 36.3. The summed E-state index contributed by atoms with van der Waals surface area (Å²) in [6.45, 7) is 7.07. The molecule has 3 unspecified atom stereocenters. The van der Waals surface area contributed by atoms with Crippen LogP contribution in [0.1, 0.15) is 78.6 Å². The number of hydrogen-bond donors (Lipinski definition) is 1. The van der Waals surface area contributed by atoms with Gasteiger partial charge in [0.2, 0.25) is 0 Å². The van der Waals surface area contributed by atoms with E-state index >= 15 is 0 Å². The van der Waals surface area contributed by atoms with E-state index < -0.39 is 0 Å². The lowest BCUT2D eigenvalue weighted by atomic mass is 9.71. The van der Waals surface area contributed by atoms with Crippen molar-refractivity contribution in [3.63, 3.8) is 0 Å². The van der Waals surface area contributed by atoms with Gasteiger partial charge in [-0.2, -0.15) is 12.6 Å². The van der Waals surface area contributed by atoms with Gasteiger partial charge in [0.1, 0.15) is 0 Å². The third-order valence-electron chi connectivity index (χ3n) is 5.79. The van der Waals surface area contributed by atoms with Crippen LogP contribution in [-0.2, 0) is 0 Å². The van der Waals surface area contributed by atoms with Crippen molar-refractivity contribution in [2.45, 2.75) is 83.3 Å². The smallest absolute Gasteiger partial charge is 0.0101 e. The number of rotatable bonds is 2. The molecule has 0 heterocycles. The standard InChI is InChI=1S/C17H32S/c1-13(17(2,3)18)16-11-14-7-4-5-8-15(12-16)10-6-9-14/h13-16,18H,4-12H2,1-3H3. The molecule has 3 aliphatic carbocycles. The molecule has 1 heteroatoms. The molecule has 3 saturated carbocycles. The molecule has 0 nitrogen and oxygen atoms in total. The Hall–Kier alpha value is 0.350. The van der Waals surface area contributed by atoms with Crippen molar-refractivity contribution >= 4 is 12.6 Å². The first-order valence-electron chi connectivity index (χ1n) is 8.19. The Morgan fingerprint density at radius 3 is 1.78 bits per heavy atom. The van der Waals surface area contributed by atoms with Crippen LogP contribution in [0.2, 0.25) is 0 Å². The van der Waals surface area contributed by atoms with Crippen molar-refractivity contribution in [1.29, 1.82) is 0 Å². The molecule has 0 aromatic heterocycles. The van der Waals surface area contributed by atoms with Crippen LogP contribution in [0.4, 0.5) is 0 Å². The van der Waals surface area contributed by atoms with E-state index in [2.05, 4.69) is 20.8 Å². The highest BCUT2D eigenvalue weighted by atomic mass is 32.1.